The summed E-state index contributed by atoms with van der Waals surface area (Å²) in [6.45, 7) is 13.9. The van der Waals surface area contributed by atoms with Crippen molar-refractivity contribution in [2.45, 2.75) is 34.6 Å². The molecule has 0 saturated heterocycles. The molecule has 0 aliphatic heterocycles. The van der Waals surface area contributed by atoms with Crippen molar-refractivity contribution in [1.82, 2.24) is 0 Å². The predicted molar refractivity (Wildman–Crippen MR) is 47.0 cm³/mol. The van der Waals surface area contributed by atoms with Gasteiger partial charge in [-0.05, 0) is 0 Å². The van der Waals surface area contributed by atoms with Crippen LogP contribution in [0, 0.1) is 5.41 Å². The molecule has 0 unspecified atom stereocenters. The molecule has 1 nitrogen and oxygen atoms in total. The molecule has 62 valence electrons. The molecule has 0 N–H and O–H groups in total. The first-order chi connectivity index (χ1) is 4.48. The van der Waals surface area contributed by atoms with E-state index in [1.807, 2.05) is 13.8 Å². The van der Waals surface area contributed by atoms with Crippen molar-refractivity contribution < 1.29 is 4.74 Å². The van der Waals surface area contributed by atoms with Gasteiger partial charge in [-0.1, -0.05) is 41.2 Å². The fraction of sp³-hybridized carbons (Fsp3) is 0.778. The minimum atomic E-state index is 0.0920. The SMILES string of the molecule is C=C(OC)C(C)(C)C.CC. The molecule has 1 heteroatoms. The van der Waals surface area contributed by atoms with Crippen molar-refractivity contribution in [2.75, 3.05) is 7.11 Å². The lowest BCUT2D eigenvalue weighted by Gasteiger charge is -2.19. The maximum Gasteiger partial charge on any atom is 0.0937 e. The third kappa shape index (κ3) is 5.67. The Kier molecular flexibility index (Phi) is 6.53. The molecule has 0 aliphatic rings. The molecule has 0 fully saturated rings. The zero-order valence-corrected chi connectivity index (χ0v) is 8.12. The number of hydrogen-bond acceptors (Lipinski definition) is 1. The van der Waals surface area contributed by atoms with E-state index in [1.54, 1.807) is 7.11 Å². The fourth-order valence-electron chi connectivity index (χ4n) is 0.306. The molecule has 0 heterocycles. The minimum Gasteiger partial charge on any atom is -0.501 e. The molecule has 0 amide bonds. The van der Waals surface area contributed by atoms with E-state index in [0.717, 1.165) is 5.76 Å². The third-order valence-corrected chi connectivity index (χ3v) is 1.08. The van der Waals surface area contributed by atoms with Crippen LogP contribution in [-0.2, 0) is 4.74 Å². The van der Waals surface area contributed by atoms with Gasteiger partial charge in [0, 0.05) is 5.41 Å². The highest BCUT2D eigenvalue weighted by atomic mass is 16.5. The van der Waals surface area contributed by atoms with Crippen LogP contribution in [0.25, 0.3) is 0 Å². The molecule has 0 rings (SSSR count). The minimum absolute atomic E-state index is 0.0920. The van der Waals surface area contributed by atoms with Gasteiger partial charge in [0.05, 0.1) is 12.9 Å². The summed E-state index contributed by atoms with van der Waals surface area (Å²) in [6, 6.07) is 0. The molecule has 0 bridgehead atoms. The average molecular weight is 144 g/mol. The number of hydrogen-bond donors (Lipinski definition) is 0. The molecular formula is C9H20O. The zero-order chi connectivity index (χ0) is 8.78. The van der Waals surface area contributed by atoms with Crippen LogP contribution in [0.15, 0.2) is 12.3 Å². The van der Waals surface area contributed by atoms with Crippen molar-refractivity contribution in [1.29, 1.82) is 0 Å². The molecular weight excluding hydrogens is 124 g/mol. The maximum absolute atomic E-state index is 4.92. The van der Waals surface area contributed by atoms with Gasteiger partial charge in [-0.25, -0.2) is 0 Å². The van der Waals surface area contributed by atoms with Crippen molar-refractivity contribution in [3.05, 3.63) is 12.3 Å². The van der Waals surface area contributed by atoms with Crippen molar-refractivity contribution in [3.8, 4) is 0 Å². The summed E-state index contributed by atoms with van der Waals surface area (Å²) in [5, 5.41) is 0. The first kappa shape index (κ1) is 12.2. The summed E-state index contributed by atoms with van der Waals surface area (Å²) < 4.78 is 4.92. The highest BCUT2D eigenvalue weighted by Crippen LogP contribution is 2.22. The Morgan fingerprint density at radius 2 is 1.50 bits per heavy atom. The third-order valence-electron chi connectivity index (χ3n) is 1.08. The van der Waals surface area contributed by atoms with Gasteiger partial charge in [-0.2, -0.15) is 0 Å². The Hall–Kier alpha value is -0.460. The smallest absolute Gasteiger partial charge is 0.0937 e. The Bertz CT molecular complexity index is 87.4. The van der Waals surface area contributed by atoms with Crippen molar-refractivity contribution >= 4 is 0 Å². The summed E-state index contributed by atoms with van der Waals surface area (Å²) >= 11 is 0. The van der Waals surface area contributed by atoms with Crippen LogP contribution in [-0.4, -0.2) is 7.11 Å². The van der Waals surface area contributed by atoms with Crippen LogP contribution in [0.2, 0.25) is 0 Å². The Morgan fingerprint density at radius 3 is 1.50 bits per heavy atom. The van der Waals surface area contributed by atoms with Gasteiger partial charge in [-0.15, -0.1) is 0 Å². The van der Waals surface area contributed by atoms with Gasteiger partial charge >= 0.3 is 0 Å². The first-order valence-electron chi connectivity index (χ1n) is 3.72. The first-order valence-corrected chi connectivity index (χ1v) is 3.72. The molecule has 0 aromatic carbocycles. The van der Waals surface area contributed by atoms with E-state index < -0.39 is 0 Å². The van der Waals surface area contributed by atoms with Crippen LogP contribution in [0.3, 0.4) is 0 Å². The topological polar surface area (TPSA) is 9.23 Å². The van der Waals surface area contributed by atoms with Gasteiger partial charge in [0.15, 0.2) is 0 Å². The van der Waals surface area contributed by atoms with Crippen LogP contribution >= 0.6 is 0 Å². The summed E-state index contributed by atoms with van der Waals surface area (Å²) in [4.78, 5) is 0. The standard InChI is InChI=1S/C7H14O.C2H6/c1-6(8-5)7(2,3)4;1-2/h1H2,2-5H3;1-2H3. The fourth-order valence-corrected chi connectivity index (χ4v) is 0.306. The van der Waals surface area contributed by atoms with Gasteiger partial charge in [0.25, 0.3) is 0 Å². The van der Waals surface area contributed by atoms with Crippen LogP contribution < -0.4 is 0 Å². The van der Waals surface area contributed by atoms with Crippen LogP contribution in [0.1, 0.15) is 34.6 Å². The van der Waals surface area contributed by atoms with Gasteiger partial charge in [0.1, 0.15) is 0 Å². The average Bonchev–Trinajstić information content (AvgIpc) is 1.89. The summed E-state index contributed by atoms with van der Waals surface area (Å²) in [5.74, 6) is 0.831. The highest BCUT2D eigenvalue weighted by Gasteiger charge is 2.14. The van der Waals surface area contributed by atoms with E-state index in [9.17, 15) is 0 Å². The molecule has 0 spiro atoms. The van der Waals surface area contributed by atoms with E-state index in [2.05, 4.69) is 27.4 Å². The number of rotatable bonds is 1. The number of methoxy groups -OCH3 is 1. The van der Waals surface area contributed by atoms with Gasteiger partial charge in [0.2, 0.25) is 0 Å². The van der Waals surface area contributed by atoms with E-state index in [0.29, 0.717) is 0 Å². The van der Waals surface area contributed by atoms with E-state index in [1.165, 1.54) is 0 Å². The Labute approximate surface area is 65.1 Å². The molecule has 0 atom stereocenters. The van der Waals surface area contributed by atoms with Gasteiger partial charge in [-0.3, -0.25) is 0 Å². The number of ether oxygens (including phenoxy) is 1. The van der Waals surface area contributed by atoms with Gasteiger partial charge < -0.3 is 4.74 Å². The molecule has 0 radical (unpaired) electrons. The molecule has 10 heavy (non-hydrogen) atoms. The Balaban J connectivity index is 0. The quantitative estimate of drug-likeness (QED) is 0.513. The van der Waals surface area contributed by atoms with Crippen molar-refractivity contribution in [2.24, 2.45) is 5.41 Å². The van der Waals surface area contributed by atoms with Crippen LogP contribution in [0.5, 0.6) is 0 Å². The van der Waals surface area contributed by atoms with E-state index >= 15 is 0 Å². The number of allylic oxidation sites excluding steroid dienone is 1. The van der Waals surface area contributed by atoms with Crippen LogP contribution in [0.4, 0.5) is 0 Å². The molecule has 0 aliphatic carbocycles. The molecule has 0 aromatic heterocycles. The van der Waals surface area contributed by atoms with Crippen molar-refractivity contribution in [3.63, 3.8) is 0 Å². The highest BCUT2D eigenvalue weighted by molar-refractivity contribution is 4.94. The maximum atomic E-state index is 4.92. The normalized spacial score (nSPS) is 9.40. The zero-order valence-electron chi connectivity index (χ0n) is 8.12. The second-order valence-corrected chi connectivity index (χ2v) is 2.88. The monoisotopic (exact) mass is 144 g/mol. The summed E-state index contributed by atoms with van der Waals surface area (Å²) in [6.07, 6.45) is 0. The lowest BCUT2D eigenvalue weighted by molar-refractivity contribution is 0.208. The van der Waals surface area contributed by atoms with E-state index in [4.69, 9.17) is 4.74 Å². The molecule has 0 aromatic rings. The Morgan fingerprint density at radius 1 is 1.20 bits per heavy atom. The largest absolute Gasteiger partial charge is 0.501 e. The summed E-state index contributed by atoms with van der Waals surface area (Å²) in [7, 11) is 1.65. The summed E-state index contributed by atoms with van der Waals surface area (Å²) in [5.41, 5.74) is 0.0920. The molecule has 0 saturated carbocycles. The second-order valence-electron chi connectivity index (χ2n) is 2.88. The lowest BCUT2D eigenvalue weighted by Crippen LogP contribution is -2.09. The lowest BCUT2D eigenvalue weighted by atomic mass is 9.95. The second kappa shape index (κ2) is 5.33. The predicted octanol–water partition coefficient (Wildman–Crippen LogP) is 3.22. The van der Waals surface area contributed by atoms with E-state index in [-0.39, 0.29) is 5.41 Å².